The highest BCUT2D eigenvalue weighted by atomic mass is 19.1. The first kappa shape index (κ1) is 12.1. The average molecular weight is 250 g/mol. The maximum absolute atomic E-state index is 13.0. The summed E-state index contributed by atoms with van der Waals surface area (Å²) in [5.41, 5.74) is 0.842. The third-order valence-electron chi connectivity index (χ3n) is 2.57. The molecular formula is C12H11FN2O3. The molecule has 0 spiro atoms. The molecule has 0 bridgehead atoms. The van der Waals surface area contributed by atoms with Gasteiger partial charge in [-0.05, 0) is 25.1 Å². The standard InChI is InChI=1S/C12H11FN2O3/c1-8(9-4-5-18-7-9)14-11-3-2-10(13)6-12(11)15(16)17/h2-8,14H,1H3. The van der Waals surface area contributed by atoms with Crippen LogP contribution in [-0.4, -0.2) is 4.92 Å². The number of hydrogen-bond donors (Lipinski definition) is 1. The van der Waals surface area contributed by atoms with Crippen molar-refractivity contribution in [3.63, 3.8) is 0 Å². The van der Waals surface area contributed by atoms with Gasteiger partial charge in [0.2, 0.25) is 0 Å². The van der Waals surface area contributed by atoms with E-state index in [0.717, 1.165) is 11.6 Å². The number of benzene rings is 1. The van der Waals surface area contributed by atoms with Crippen LogP contribution in [0.1, 0.15) is 18.5 Å². The van der Waals surface area contributed by atoms with Crippen molar-refractivity contribution in [2.45, 2.75) is 13.0 Å². The lowest BCUT2D eigenvalue weighted by Gasteiger charge is -2.13. The molecule has 0 aliphatic rings. The molecule has 94 valence electrons. The molecule has 6 heteroatoms. The number of furan rings is 1. The summed E-state index contributed by atoms with van der Waals surface area (Å²) >= 11 is 0. The minimum absolute atomic E-state index is 0.173. The summed E-state index contributed by atoms with van der Waals surface area (Å²) < 4.78 is 17.9. The lowest BCUT2D eigenvalue weighted by Crippen LogP contribution is -2.07. The van der Waals surface area contributed by atoms with Crippen molar-refractivity contribution in [1.29, 1.82) is 0 Å². The summed E-state index contributed by atoms with van der Waals surface area (Å²) in [5, 5.41) is 13.8. The minimum Gasteiger partial charge on any atom is -0.472 e. The van der Waals surface area contributed by atoms with Crippen LogP contribution >= 0.6 is 0 Å². The molecule has 18 heavy (non-hydrogen) atoms. The number of nitrogens with zero attached hydrogens (tertiary/aromatic N) is 1. The molecule has 0 saturated carbocycles. The smallest absolute Gasteiger partial charge is 0.295 e. The number of nitro benzene ring substituents is 1. The Bertz CT molecular complexity index is 554. The Kier molecular flexibility index (Phi) is 3.27. The van der Waals surface area contributed by atoms with Gasteiger partial charge in [0, 0.05) is 5.56 Å². The minimum atomic E-state index is -0.636. The Hall–Kier alpha value is -2.37. The predicted octanol–water partition coefficient (Wildman–Crippen LogP) is 3.50. The van der Waals surface area contributed by atoms with Gasteiger partial charge in [-0.2, -0.15) is 0 Å². The summed E-state index contributed by atoms with van der Waals surface area (Å²) in [5.74, 6) is -0.636. The summed E-state index contributed by atoms with van der Waals surface area (Å²) in [7, 11) is 0. The fraction of sp³-hybridized carbons (Fsp3) is 0.167. The van der Waals surface area contributed by atoms with E-state index in [1.807, 2.05) is 6.92 Å². The molecule has 5 nitrogen and oxygen atoms in total. The van der Waals surface area contributed by atoms with E-state index < -0.39 is 10.7 Å². The summed E-state index contributed by atoms with van der Waals surface area (Å²) in [6.07, 6.45) is 3.07. The molecule has 0 saturated heterocycles. The van der Waals surface area contributed by atoms with Crippen LogP contribution in [0.15, 0.2) is 41.2 Å². The van der Waals surface area contributed by atoms with Gasteiger partial charge in [-0.15, -0.1) is 0 Å². The van der Waals surface area contributed by atoms with Crippen molar-refractivity contribution in [2.24, 2.45) is 0 Å². The van der Waals surface area contributed by atoms with Gasteiger partial charge in [-0.1, -0.05) is 0 Å². The average Bonchev–Trinajstić information content (AvgIpc) is 2.84. The Balaban J connectivity index is 2.26. The van der Waals surface area contributed by atoms with Crippen LogP contribution in [0.2, 0.25) is 0 Å². The molecule has 0 fully saturated rings. The highest BCUT2D eigenvalue weighted by Crippen LogP contribution is 2.28. The normalized spacial score (nSPS) is 12.1. The summed E-state index contributed by atoms with van der Waals surface area (Å²) in [6, 6.07) is 5.01. The van der Waals surface area contributed by atoms with Gasteiger partial charge in [-0.25, -0.2) is 4.39 Å². The second kappa shape index (κ2) is 4.87. The van der Waals surface area contributed by atoms with Crippen LogP contribution < -0.4 is 5.32 Å². The van der Waals surface area contributed by atoms with E-state index >= 15 is 0 Å². The summed E-state index contributed by atoms with van der Waals surface area (Å²) in [4.78, 5) is 10.2. The Labute approximate surface area is 102 Å². The number of nitro groups is 1. The van der Waals surface area contributed by atoms with Crippen molar-refractivity contribution in [1.82, 2.24) is 0 Å². The van der Waals surface area contributed by atoms with Crippen LogP contribution in [-0.2, 0) is 0 Å². The third kappa shape index (κ3) is 2.48. The third-order valence-corrected chi connectivity index (χ3v) is 2.57. The molecule has 0 radical (unpaired) electrons. The Morgan fingerprint density at radius 1 is 1.44 bits per heavy atom. The van der Waals surface area contributed by atoms with Crippen LogP contribution in [0.3, 0.4) is 0 Å². The molecule has 0 amide bonds. The maximum atomic E-state index is 13.0. The van der Waals surface area contributed by atoms with E-state index in [2.05, 4.69) is 5.32 Å². The lowest BCUT2D eigenvalue weighted by atomic mass is 10.1. The van der Waals surface area contributed by atoms with Crippen molar-refractivity contribution in [3.05, 3.63) is 58.3 Å². The molecule has 1 atom stereocenters. The summed E-state index contributed by atoms with van der Waals surface area (Å²) in [6.45, 7) is 1.83. The molecule has 2 rings (SSSR count). The van der Waals surface area contributed by atoms with E-state index in [1.165, 1.54) is 18.4 Å². The van der Waals surface area contributed by atoms with E-state index in [9.17, 15) is 14.5 Å². The van der Waals surface area contributed by atoms with E-state index in [0.29, 0.717) is 0 Å². The van der Waals surface area contributed by atoms with Gasteiger partial charge in [-0.3, -0.25) is 10.1 Å². The predicted molar refractivity (Wildman–Crippen MR) is 63.8 cm³/mol. The van der Waals surface area contributed by atoms with Gasteiger partial charge < -0.3 is 9.73 Å². The van der Waals surface area contributed by atoms with Gasteiger partial charge in [0.25, 0.3) is 5.69 Å². The maximum Gasteiger partial charge on any atom is 0.295 e. The van der Waals surface area contributed by atoms with Crippen LogP contribution in [0.25, 0.3) is 0 Å². The lowest BCUT2D eigenvalue weighted by molar-refractivity contribution is -0.384. The number of halogens is 1. The van der Waals surface area contributed by atoms with E-state index in [1.54, 1.807) is 12.3 Å². The van der Waals surface area contributed by atoms with Gasteiger partial charge in [0.1, 0.15) is 11.5 Å². The molecule has 2 aromatic rings. The van der Waals surface area contributed by atoms with E-state index in [-0.39, 0.29) is 17.4 Å². The zero-order valence-corrected chi connectivity index (χ0v) is 9.59. The van der Waals surface area contributed by atoms with Gasteiger partial charge >= 0.3 is 0 Å². The molecule has 1 unspecified atom stereocenters. The van der Waals surface area contributed by atoms with Crippen molar-refractivity contribution in [2.75, 3.05) is 5.32 Å². The van der Waals surface area contributed by atoms with Crippen LogP contribution in [0.5, 0.6) is 0 Å². The van der Waals surface area contributed by atoms with E-state index in [4.69, 9.17) is 4.42 Å². The zero-order valence-electron chi connectivity index (χ0n) is 9.59. The highest BCUT2D eigenvalue weighted by Gasteiger charge is 2.17. The van der Waals surface area contributed by atoms with Gasteiger partial charge in [0.05, 0.1) is 29.6 Å². The SMILES string of the molecule is CC(Nc1ccc(F)cc1[N+](=O)[O-])c1ccoc1. The quantitative estimate of drug-likeness (QED) is 0.666. The first-order valence-corrected chi connectivity index (χ1v) is 5.30. The Morgan fingerprint density at radius 3 is 2.83 bits per heavy atom. The Morgan fingerprint density at radius 2 is 2.22 bits per heavy atom. The van der Waals surface area contributed by atoms with Crippen LogP contribution in [0.4, 0.5) is 15.8 Å². The number of rotatable bonds is 4. The second-order valence-corrected chi connectivity index (χ2v) is 3.84. The number of anilines is 1. The molecule has 0 aliphatic carbocycles. The molecule has 1 aromatic carbocycles. The van der Waals surface area contributed by atoms with Gasteiger partial charge in [0.15, 0.2) is 0 Å². The fourth-order valence-electron chi connectivity index (χ4n) is 1.62. The second-order valence-electron chi connectivity index (χ2n) is 3.84. The first-order valence-electron chi connectivity index (χ1n) is 5.30. The molecule has 0 aliphatic heterocycles. The van der Waals surface area contributed by atoms with Crippen molar-refractivity contribution >= 4 is 11.4 Å². The molecule has 1 N–H and O–H groups in total. The largest absolute Gasteiger partial charge is 0.472 e. The zero-order chi connectivity index (χ0) is 13.1. The first-order chi connectivity index (χ1) is 8.58. The number of hydrogen-bond acceptors (Lipinski definition) is 4. The molecule has 1 heterocycles. The van der Waals surface area contributed by atoms with Crippen molar-refractivity contribution in [3.8, 4) is 0 Å². The van der Waals surface area contributed by atoms with Crippen LogP contribution in [0, 0.1) is 15.9 Å². The molecule has 1 aromatic heterocycles. The number of nitrogens with one attached hydrogen (secondary N) is 1. The topological polar surface area (TPSA) is 68.3 Å². The fourth-order valence-corrected chi connectivity index (χ4v) is 1.62. The molecular weight excluding hydrogens is 239 g/mol. The van der Waals surface area contributed by atoms with Crippen molar-refractivity contribution < 1.29 is 13.7 Å². The monoisotopic (exact) mass is 250 g/mol. The highest BCUT2D eigenvalue weighted by molar-refractivity contribution is 5.62.